The van der Waals surface area contributed by atoms with Crippen LogP contribution in [-0.2, 0) is 0 Å². The van der Waals surface area contributed by atoms with Gasteiger partial charge in [0, 0.05) is 25.6 Å². The van der Waals surface area contributed by atoms with Gasteiger partial charge in [-0.1, -0.05) is 50.1 Å². The number of halogens is 2. The van der Waals surface area contributed by atoms with Gasteiger partial charge in [0.1, 0.15) is 0 Å². The van der Waals surface area contributed by atoms with Crippen LogP contribution in [0.2, 0.25) is 0 Å². The van der Waals surface area contributed by atoms with Crippen molar-refractivity contribution in [3.05, 3.63) is 63.2 Å². The minimum atomic E-state index is 1.01. The van der Waals surface area contributed by atoms with E-state index in [9.17, 15) is 0 Å². The zero-order valence-electron chi connectivity index (χ0n) is 10.3. The van der Waals surface area contributed by atoms with Gasteiger partial charge in [0.05, 0.1) is 5.69 Å². The Bertz CT molecular complexity index is 749. The van der Waals surface area contributed by atoms with Crippen molar-refractivity contribution in [3.63, 3.8) is 0 Å². The van der Waals surface area contributed by atoms with Gasteiger partial charge in [0.25, 0.3) is 0 Å². The average molecular weight is 377 g/mol. The van der Waals surface area contributed by atoms with Gasteiger partial charge in [-0.25, -0.2) is 0 Å². The first-order valence-corrected chi connectivity index (χ1v) is 7.55. The van der Waals surface area contributed by atoms with Crippen molar-refractivity contribution in [2.24, 2.45) is 0 Å². The number of hydrogen-bond acceptors (Lipinski definition) is 1. The van der Waals surface area contributed by atoms with Crippen molar-refractivity contribution in [2.75, 3.05) is 0 Å². The third-order valence-electron chi connectivity index (χ3n) is 3.12. The Balaban J connectivity index is 2.22. The van der Waals surface area contributed by atoms with Crippen LogP contribution in [0.15, 0.2) is 57.5 Å². The van der Waals surface area contributed by atoms with E-state index in [1.54, 1.807) is 0 Å². The van der Waals surface area contributed by atoms with Crippen LogP contribution in [0.25, 0.3) is 22.0 Å². The van der Waals surface area contributed by atoms with Gasteiger partial charge < -0.3 is 0 Å². The van der Waals surface area contributed by atoms with E-state index in [0.29, 0.717) is 0 Å². The van der Waals surface area contributed by atoms with Crippen LogP contribution >= 0.6 is 31.9 Å². The molecule has 0 unspecified atom stereocenters. The summed E-state index contributed by atoms with van der Waals surface area (Å²) in [6.45, 7) is 2.05. The monoisotopic (exact) mass is 375 g/mol. The number of hydrogen-bond donors (Lipinski definition) is 0. The van der Waals surface area contributed by atoms with Gasteiger partial charge >= 0.3 is 0 Å². The van der Waals surface area contributed by atoms with E-state index in [4.69, 9.17) is 4.98 Å². The van der Waals surface area contributed by atoms with Crippen LogP contribution in [0, 0.1) is 6.92 Å². The molecular formula is C16H11Br2N. The van der Waals surface area contributed by atoms with Crippen LogP contribution < -0.4 is 0 Å². The van der Waals surface area contributed by atoms with E-state index in [0.717, 1.165) is 25.9 Å². The van der Waals surface area contributed by atoms with Gasteiger partial charge in [-0.15, -0.1) is 0 Å². The Kier molecular flexibility index (Phi) is 3.42. The summed E-state index contributed by atoms with van der Waals surface area (Å²) in [6, 6.07) is 16.7. The maximum Gasteiger partial charge on any atom is 0.0711 e. The van der Waals surface area contributed by atoms with Crippen molar-refractivity contribution in [1.82, 2.24) is 4.98 Å². The third kappa shape index (κ3) is 2.58. The van der Waals surface area contributed by atoms with Crippen LogP contribution in [-0.4, -0.2) is 4.98 Å². The number of fused-ring (bicyclic) bond motifs is 1. The molecule has 0 aliphatic heterocycles. The molecule has 0 radical (unpaired) electrons. The van der Waals surface area contributed by atoms with E-state index in [2.05, 4.69) is 75.2 Å². The molecule has 0 aliphatic carbocycles. The first-order valence-electron chi connectivity index (χ1n) is 5.96. The third-order valence-corrected chi connectivity index (χ3v) is 4.15. The van der Waals surface area contributed by atoms with Gasteiger partial charge in [-0.2, -0.15) is 0 Å². The molecule has 0 N–H and O–H groups in total. The molecule has 0 atom stereocenters. The molecule has 1 aromatic heterocycles. The van der Waals surface area contributed by atoms with Gasteiger partial charge in [0.2, 0.25) is 0 Å². The van der Waals surface area contributed by atoms with Crippen LogP contribution in [0.3, 0.4) is 0 Å². The summed E-state index contributed by atoms with van der Waals surface area (Å²) in [5.74, 6) is 0. The molecular weight excluding hydrogens is 366 g/mol. The molecule has 3 aromatic rings. The van der Waals surface area contributed by atoms with Crippen LogP contribution in [0.4, 0.5) is 0 Å². The Labute approximate surface area is 128 Å². The summed E-state index contributed by atoms with van der Waals surface area (Å²) in [4.78, 5) is 4.70. The largest absolute Gasteiger partial charge is 0.252 e. The van der Waals surface area contributed by atoms with Gasteiger partial charge in [-0.05, 0) is 42.6 Å². The predicted octanol–water partition coefficient (Wildman–Crippen LogP) is 5.74. The minimum Gasteiger partial charge on any atom is -0.252 e. The second kappa shape index (κ2) is 5.06. The van der Waals surface area contributed by atoms with Crippen molar-refractivity contribution in [3.8, 4) is 11.3 Å². The zero-order chi connectivity index (χ0) is 13.4. The lowest BCUT2D eigenvalue weighted by molar-refractivity contribution is 1.24. The fourth-order valence-electron chi connectivity index (χ4n) is 2.17. The summed E-state index contributed by atoms with van der Waals surface area (Å²) in [5, 5.41) is 2.41. The first kappa shape index (κ1) is 12.8. The molecule has 3 rings (SSSR count). The molecule has 3 heteroatoms. The standard InChI is InChI=1S/C16H11Br2N/c1-10-15-7-6-14(18)8-12(15)9-16(19-10)11-2-4-13(17)5-3-11/h2-9H,1H3. The fraction of sp³-hybridized carbons (Fsp3) is 0.0625. The highest BCUT2D eigenvalue weighted by atomic mass is 79.9. The summed E-state index contributed by atoms with van der Waals surface area (Å²) >= 11 is 6.98. The minimum absolute atomic E-state index is 1.01. The van der Waals surface area contributed by atoms with Gasteiger partial charge in [-0.3, -0.25) is 4.98 Å². The van der Waals surface area contributed by atoms with E-state index >= 15 is 0 Å². The highest BCUT2D eigenvalue weighted by Crippen LogP contribution is 2.27. The second-order valence-electron chi connectivity index (χ2n) is 4.47. The number of aromatic nitrogens is 1. The lowest BCUT2D eigenvalue weighted by Crippen LogP contribution is -1.89. The lowest BCUT2D eigenvalue weighted by Gasteiger charge is -2.07. The molecule has 0 amide bonds. The number of rotatable bonds is 1. The van der Waals surface area contributed by atoms with Crippen molar-refractivity contribution in [1.29, 1.82) is 0 Å². The molecule has 19 heavy (non-hydrogen) atoms. The summed E-state index contributed by atoms with van der Waals surface area (Å²) in [6.07, 6.45) is 0. The van der Waals surface area contributed by atoms with Crippen molar-refractivity contribution >= 4 is 42.6 Å². The SMILES string of the molecule is Cc1nc(-c2ccc(Br)cc2)cc2cc(Br)ccc12. The quantitative estimate of drug-likeness (QED) is 0.528. The molecule has 0 saturated heterocycles. The Morgan fingerprint density at radius 2 is 1.53 bits per heavy atom. The van der Waals surface area contributed by atoms with E-state index in [1.807, 2.05) is 12.1 Å². The maximum absolute atomic E-state index is 4.70. The van der Waals surface area contributed by atoms with Crippen molar-refractivity contribution in [2.45, 2.75) is 6.92 Å². The molecule has 0 bridgehead atoms. The number of aryl methyl sites for hydroxylation is 1. The molecule has 0 saturated carbocycles. The molecule has 0 fully saturated rings. The maximum atomic E-state index is 4.70. The Morgan fingerprint density at radius 3 is 2.26 bits per heavy atom. The van der Waals surface area contributed by atoms with E-state index < -0.39 is 0 Å². The molecule has 1 nitrogen and oxygen atoms in total. The van der Waals surface area contributed by atoms with E-state index in [-0.39, 0.29) is 0 Å². The summed E-state index contributed by atoms with van der Waals surface area (Å²) in [5.41, 5.74) is 3.20. The number of benzene rings is 2. The number of nitrogens with zero attached hydrogens (tertiary/aromatic N) is 1. The van der Waals surface area contributed by atoms with E-state index in [1.165, 1.54) is 10.8 Å². The molecule has 1 heterocycles. The van der Waals surface area contributed by atoms with Crippen LogP contribution in [0.5, 0.6) is 0 Å². The molecule has 94 valence electrons. The molecule has 2 aromatic carbocycles. The van der Waals surface area contributed by atoms with Crippen molar-refractivity contribution < 1.29 is 0 Å². The predicted molar refractivity (Wildman–Crippen MR) is 87.3 cm³/mol. The number of pyridine rings is 1. The smallest absolute Gasteiger partial charge is 0.0711 e. The lowest BCUT2D eigenvalue weighted by atomic mass is 10.1. The molecule has 0 aliphatic rings. The highest BCUT2D eigenvalue weighted by Gasteiger charge is 2.05. The summed E-state index contributed by atoms with van der Waals surface area (Å²) < 4.78 is 2.17. The fourth-order valence-corrected chi connectivity index (χ4v) is 2.81. The zero-order valence-corrected chi connectivity index (χ0v) is 13.5. The topological polar surface area (TPSA) is 12.9 Å². The summed E-state index contributed by atoms with van der Waals surface area (Å²) in [7, 11) is 0. The second-order valence-corrected chi connectivity index (χ2v) is 6.30. The average Bonchev–Trinajstić information content (AvgIpc) is 2.38. The normalized spacial score (nSPS) is 10.9. The molecule has 0 spiro atoms. The Morgan fingerprint density at radius 1 is 0.842 bits per heavy atom. The van der Waals surface area contributed by atoms with Crippen LogP contribution in [0.1, 0.15) is 5.69 Å². The first-order chi connectivity index (χ1) is 9.13. The van der Waals surface area contributed by atoms with Gasteiger partial charge in [0.15, 0.2) is 0 Å². The Hall–Kier alpha value is -1.19. The highest BCUT2D eigenvalue weighted by molar-refractivity contribution is 9.10.